The van der Waals surface area contributed by atoms with E-state index < -0.39 is 0 Å². The molecule has 1 rings (SSSR count). The fraction of sp³-hybridized carbons (Fsp3) is 0.600. The summed E-state index contributed by atoms with van der Waals surface area (Å²) in [6, 6.07) is 4.58. The van der Waals surface area contributed by atoms with Gasteiger partial charge in [-0.1, -0.05) is 18.5 Å². The summed E-state index contributed by atoms with van der Waals surface area (Å²) in [5, 5.41) is 4.49. The smallest absolute Gasteiger partial charge is 0.0890 e. The summed E-state index contributed by atoms with van der Waals surface area (Å²) >= 11 is 0. The minimum Gasteiger partial charge on any atom is -0.0890 e. The topological polar surface area (TPSA) is 16.8 Å². The second kappa shape index (κ2) is 3.65. The van der Waals surface area contributed by atoms with Crippen LogP contribution in [0.4, 0.5) is 0 Å². The number of hydrogen-bond donors (Lipinski definition) is 0. The highest BCUT2D eigenvalue weighted by atomic mass is 15.3. The van der Waals surface area contributed by atoms with Crippen molar-refractivity contribution in [3.05, 3.63) is 24.0 Å². The van der Waals surface area contributed by atoms with Crippen molar-refractivity contribution in [3.63, 3.8) is 0 Å². The zero-order chi connectivity index (χ0) is 9.14. The van der Waals surface area contributed by atoms with Gasteiger partial charge in [0, 0.05) is 12.0 Å². The molecule has 12 heavy (non-hydrogen) atoms. The van der Waals surface area contributed by atoms with E-state index in [9.17, 15) is 0 Å². The van der Waals surface area contributed by atoms with E-state index >= 15 is 0 Å². The summed E-state index contributed by atoms with van der Waals surface area (Å²) in [5.41, 5.74) is 1.16. The number of aromatic nitrogens is 2. The van der Waals surface area contributed by atoms with Crippen LogP contribution in [0, 0.1) is 0 Å². The van der Waals surface area contributed by atoms with E-state index in [1.165, 1.54) is 0 Å². The molecule has 0 N–H and O–H groups in total. The summed E-state index contributed by atoms with van der Waals surface area (Å²) in [4.78, 5) is 0. The number of rotatable bonds is 2. The van der Waals surface area contributed by atoms with Crippen molar-refractivity contribution in [2.75, 3.05) is 0 Å². The molecule has 0 aliphatic heterocycles. The fourth-order valence-corrected chi connectivity index (χ4v) is 1.03. The second-order valence-corrected chi connectivity index (χ2v) is 3.66. The lowest BCUT2D eigenvalue weighted by atomic mass is 10.1. The van der Waals surface area contributed by atoms with Gasteiger partial charge in [0.05, 0.1) is 0 Å². The predicted molar refractivity (Wildman–Crippen MR) is 48.9 cm³/mol. The van der Waals surface area contributed by atoms with Crippen molar-refractivity contribution in [2.45, 2.75) is 39.7 Å². The van der Waals surface area contributed by atoms with Crippen LogP contribution in [0.5, 0.6) is 0 Å². The van der Waals surface area contributed by atoms with E-state index in [-0.39, 0.29) is 0 Å². The van der Waals surface area contributed by atoms with Crippen LogP contribution in [0.1, 0.15) is 45.3 Å². The Morgan fingerprint density at radius 1 is 1.25 bits per heavy atom. The monoisotopic (exact) mass is 165 g/mol. The molecule has 0 atom stereocenters. The SMILES string of the molecule is CC(C)c1ccc[n+](C(C)C)n1. The Bertz CT molecular complexity index is 231. The van der Waals surface area contributed by atoms with Crippen molar-refractivity contribution >= 4 is 0 Å². The van der Waals surface area contributed by atoms with Crippen molar-refractivity contribution in [3.8, 4) is 0 Å². The average molecular weight is 165 g/mol. The molecule has 0 aliphatic rings. The molecule has 0 fully saturated rings. The Morgan fingerprint density at radius 3 is 2.42 bits per heavy atom. The van der Waals surface area contributed by atoms with Gasteiger partial charge in [0.15, 0.2) is 12.2 Å². The van der Waals surface area contributed by atoms with Crippen molar-refractivity contribution < 1.29 is 4.68 Å². The van der Waals surface area contributed by atoms with E-state index in [1.807, 2.05) is 10.9 Å². The summed E-state index contributed by atoms with van der Waals surface area (Å²) in [5.74, 6) is 0.510. The zero-order valence-electron chi connectivity index (χ0n) is 8.28. The van der Waals surface area contributed by atoms with Crippen LogP contribution in [0.25, 0.3) is 0 Å². The van der Waals surface area contributed by atoms with Crippen LogP contribution in [0.3, 0.4) is 0 Å². The third kappa shape index (κ3) is 2.03. The van der Waals surface area contributed by atoms with Crippen LogP contribution in [-0.4, -0.2) is 5.10 Å². The Labute approximate surface area is 74.2 Å². The van der Waals surface area contributed by atoms with Crippen molar-refractivity contribution in [1.29, 1.82) is 0 Å². The van der Waals surface area contributed by atoms with Gasteiger partial charge in [0.1, 0.15) is 5.69 Å². The van der Waals surface area contributed by atoms with Crippen molar-refractivity contribution in [1.82, 2.24) is 5.10 Å². The lowest BCUT2D eigenvalue weighted by Gasteiger charge is -2.02. The van der Waals surface area contributed by atoms with Gasteiger partial charge in [-0.25, -0.2) is 0 Å². The largest absolute Gasteiger partial charge is 0.196 e. The van der Waals surface area contributed by atoms with Gasteiger partial charge >= 0.3 is 0 Å². The lowest BCUT2D eigenvalue weighted by molar-refractivity contribution is -0.772. The molecule has 2 heteroatoms. The molecule has 0 amide bonds. The van der Waals surface area contributed by atoms with E-state index in [2.05, 4.69) is 44.9 Å². The highest BCUT2D eigenvalue weighted by Gasteiger charge is 2.10. The van der Waals surface area contributed by atoms with Gasteiger partial charge in [0.2, 0.25) is 0 Å². The molecule has 66 valence electrons. The van der Waals surface area contributed by atoms with Crippen LogP contribution >= 0.6 is 0 Å². The Balaban J connectivity index is 2.96. The average Bonchev–Trinajstić information content (AvgIpc) is 2.04. The first-order chi connectivity index (χ1) is 5.61. The first kappa shape index (κ1) is 9.17. The molecule has 0 spiro atoms. The van der Waals surface area contributed by atoms with Gasteiger partial charge in [0.25, 0.3) is 0 Å². The van der Waals surface area contributed by atoms with Crippen molar-refractivity contribution in [2.24, 2.45) is 0 Å². The Hall–Kier alpha value is -0.920. The molecule has 0 radical (unpaired) electrons. The van der Waals surface area contributed by atoms with Crippen LogP contribution in [0.15, 0.2) is 18.3 Å². The molecule has 0 saturated carbocycles. The quantitative estimate of drug-likeness (QED) is 0.613. The Kier molecular flexibility index (Phi) is 2.79. The Morgan fingerprint density at radius 2 is 1.92 bits per heavy atom. The molecule has 1 aromatic rings. The molecule has 0 saturated heterocycles. The molecular weight excluding hydrogens is 148 g/mol. The maximum atomic E-state index is 4.49. The van der Waals surface area contributed by atoms with Gasteiger partial charge in [-0.3, -0.25) is 0 Å². The van der Waals surface area contributed by atoms with Crippen LogP contribution in [0.2, 0.25) is 0 Å². The summed E-state index contributed by atoms with van der Waals surface area (Å²) < 4.78 is 2.00. The molecule has 0 aliphatic carbocycles. The third-order valence-corrected chi connectivity index (χ3v) is 1.86. The molecular formula is C10H17N2+. The fourth-order valence-electron chi connectivity index (χ4n) is 1.03. The highest BCUT2D eigenvalue weighted by molar-refractivity contribution is 5.01. The van der Waals surface area contributed by atoms with Gasteiger partial charge in [-0.15, -0.1) is 0 Å². The summed E-state index contributed by atoms with van der Waals surface area (Å²) in [6.07, 6.45) is 2.01. The van der Waals surface area contributed by atoms with E-state index in [0.29, 0.717) is 12.0 Å². The molecule has 2 nitrogen and oxygen atoms in total. The van der Waals surface area contributed by atoms with E-state index in [0.717, 1.165) is 5.69 Å². The van der Waals surface area contributed by atoms with E-state index in [4.69, 9.17) is 0 Å². The summed E-state index contributed by atoms with van der Waals surface area (Å²) in [6.45, 7) is 8.59. The first-order valence-electron chi connectivity index (χ1n) is 4.49. The van der Waals surface area contributed by atoms with Crippen LogP contribution < -0.4 is 4.68 Å². The molecule has 0 aromatic carbocycles. The van der Waals surface area contributed by atoms with Gasteiger partial charge in [-0.2, -0.15) is 0 Å². The maximum Gasteiger partial charge on any atom is 0.196 e. The predicted octanol–water partition coefficient (Wildman–Crippen LogP) is 2.07. The van der Waals surface area contributed by atoms with Crippen LogP contribution in [-0.2, 0) is 0 Å². The standard InChI is InChI=1S/C10H17N2/c1-8(2)10-6-5-7-12(11-10)9(3)4/h5-9H,1-4H3/q+1. The molecule has 1 heterocycles. The lowest BCUT2D eigenvalue weighted by Crippen LogP contribution is -2.40. The molecule has 0 unspecified atom stereocenters. The zero-order valence-corrected chi connectivity index (χ0v) is 8.28. The number of nitrogens with zero attached hydrogens (tertiary/aromatic N) is 2. The third-order valence-electron chi connectivity index (χ3n) is 1.86. The highest BCUT2D eigenvalue weighted by Crippen LogP contribution is 2.07. The molecule has 1 aromatic heterocycles. The normalized spacial score (nSPS) is 11.2. The first-order valence-corrected chi connectivity index (χ1v) is 4.49. The maximum absolute atomic E-state index is 4.49. The summed E-state index contributed by atoms with van der Waals surface area (Å²) in [7, 11) is 0. The minimum atomic E-state index is 0.448. The number of hydrogen-bond acceptors (Lipinski definition) is 1. The van der Waals surface area contributed by atoms with Gasteiger partial charge < -0.3 is 0 Å². The minimum absolute atomic E-state index is 0.448. The molecule has 0 bridgehead atoms. The van der Waals surface area contributed by atoms with E-state index in [1.54, 1.807) is 0 Å². The van der Waals surface area contributed by atoms with Gasteiger partial charge in [-0.05, 0) is 25.0 Å². The second-order valence-electron chi connectivity index (χ2n) is 3.66.